The van der Waals surface area contributed by atoms with Gasteiger partial charge in [0.2, 0.25) is 0 Å². The van der Waals surface area contributed by atoms with Gasteiger partial charge in [-0.25, -0.2) is 0 Å². The standard InChI is InChI=1S/C26H27N3O4S/c1-18(2)16-32-22-12-8-20(9-13-22)24(30)27-26(34)29-28-25(31)21-10-14-23(15-11-21)33-17-19-6-4-3-5-7-19/h3-15,18H,16-17H2,1-2H3,(H,28,31)(H2,27,29,30,34). The van der Waals surface area contributed by atoms with Crippen molar-refractivity contribution < 1.29 is 19.1 Å². The minimum absolute atomic E-state index is 0.0266. The van der Waals surface area contributed by atoms with E-state index in [1.54, 1.807) is 48.5 Å². The second-order valence-corrected chi connectivity index (χ2v) is 8.30. The zero-order valence-corrected chi connectivity index (χ0v) is 19.9. The average Bonchev–Trinajstić information content (AvgIpc) is 2.86. The van der Waals surface area contributed by atoms with Gasteiger partial charge < -0.3 is 9.47 Å². The second-order valence-electron chi connectivity index (χ2n) is 7.89. The van der Waals surface area contributed by atoms with Crippen LogP contribution in [0, 0.1) is 5.92 Å². The highest BCUT2D eigenvalue weighted by Gasteiger charge is 2.10. The summed E-state index contributed by atoms with van der Waals surface area (Å²) in [5.41, 5.74) is 6.87. The third-order valence-electron chi connectivity index (χ3n) is 4.58. The van der Waals surface area contributed by atoms with Crippen LogP contribution in [-0.4, -0.2) is 23.5 Å². The molecule has 2 amide bonds. The van der Waals surface area contributed by atoms with E-state index in [0.29, 0.717) is 41.8 Å². The van der Waals surface area contributed by atoms with E-state index >= 15 is 0 Å². The van der Waals surface area contributed by atoms with E-state index in [2.05, 4.69) is 30.0 Å². The summed E-state index contributed by atoms with van der Waals surface area (Å²) in [6, 6.07) is 23.3. The largest absolute Gasteiger partial charge is 0.493 e. The van der Waals surface area contributed by atoms with Crippen molar-refractivity contribution in [2.24, 2.45) is 5.92 Å². The first kappa shape index (κ1) is 24.7. The number of thiocarbonyl (C=S) groups is 1. The van der Waals surface area contributed by atoms with Crippen molar-refractivity contribution >= 4 is 29.1 Å². The Morgan fingerprint density at radius 3 is 1.91 bits per heavy atom. The van der Waals surface area contributed by atoms with E-state index in [4.69, 9.17) is 21.7 Å². The van der Waals surface area contributed by atoms with Crippen molar-refractivity contribution in [3.63, 3.8) is 0 Å². The molecule has 0 spiro atoms. The van der Waals surface area contributed by atoms with Gasteiger partial charge in [-0.2, -0.15) is 0 Å². The smallest absolute Gasteiger partial charge is 0.269 e. The lowest BCUT2D eigenvalue weighted by Gasteiger charge is -2.12. The molecule has 8 heteroatoms. The van der Waals surface area contributed by atoms with Crippen molar-refractivity contribution in [3.8, 4) is 11.5 Å². The molecule has 0 unspecified atom stereocenters. The number of rotatable bonds is 8. The van der Waals surface area contributed by atoms with Gasteiger partial charge >= 0.3 is 0 Å². The molecule has 0 aliphatic carbocycles. The zero-order chi connectivity index (χ0) is 24.3. The fourth-order valence-electron chi connectivity index (χ4n) is 2.80. The zero-order valence-electron chi connectivity index (χ0n) is 19.0. The summed E-state index contributed by atoms with van der Waals surface area (Å²) in [4.78, 5) is 24.7. The Balaban J connectivity index is 1.42. The first-order valence-corrected chi connectivity index (χ1v) is 11.2. The molecular formula is C26H27N3O4S. The molecule has 34 heavy (non-hydrogen) atoms. The molecule has 176 valence electrons. The molecule has 0 aromatic heterocycles. The molecule has 0 fully saturated rings. The molecule has 0 saturated carbocycles. The van der Waals surface area contributed by atoms with Gasteiger partial charge in [0, 0.05) is 11.1 Å². The molecule has 7 nitrogen and oxygen atoms in total. The van der Waals surface area contributed by atoms with Crippen molar-refractivity contribution in [2.45, 2.75) is 20.5 Å². The molecule has 0 bridgehead atoms. The predicted molar refractivity (Wildman–Crippen MR) is 135 cm³/mol. The van der Waals surface area contributed by atoms with Gasteiger partial charge in [-0.15, -0.1) is 0 Å². The van der Waals surface area contributed by atoms with E-state index in [1.165, 1.54) is 0 Å². The van der Waals surface area contributed by atoms with E-state index in [1.807, 2.05) is 30.3 Å². The van der Waals surface area contributed by atoms with Crippen LogP contribution in [0.15, 0.2) is 78.9 Å². The number of hydrogen-bond donors (Lipinski definition) is 3. The van der Waals surface area contributed by atoms with Crippen molar-refractivity contribution in [1.82, 2.24) is 16.2 Å². The lowest BCUT2D eigenvalue weighted by molar-refractivity contribution is 0.0934. The number of carbonyl (C=O) groups excluding carboxylic acids is 2. The summed E-state index contributed by atoms with van der Waals surface area (Å²) >= 11 is 5.09. The van der Waals surface area contributed by atoms with Gasteiger partial charge in [0.15, 0.2) is 5.11 Å². The third kappa shape index (κ3) is 7.90. The van der Waals surface area contributed by atoms with Crippen LogP contribution in [0.25, 0.3) is 0 Å². The molecule has 0 radical (unpaired) electrons. The molecule has 0 aliphatic heterocycles. The number of hydrogen-bond acceptors (Lipinski definition) is 5. The Bertz CT molecular complexity index is 1100. The summed E-state index contributed by atoms with van der Waals surface area (Å²) in [7, 11) is 0. The minimum atomic E-state index is -0.405. The normalized spacial score (nSPS) is 10.3. The van der Waals surface area contributed by atoms with Gasteiger partial charge in [-0.05, 0) is 72.2 Å². The maximum Gasteiger partial charge on any atom is 0.269 e. The second kappa shape index (κ2) is 12.4. The van der Waals surface area contributed by atoms with Crippen LogP contribution in [0.2, 0.25) is 0 Å². The van der Waals surface area contributed by atoms with Crippen LogP contribution in [0.4, 0.5) is 0 Å². The maximum atomic E-state index is 12.3. The fraction of sp³-hybridized carbons (Fsp3) is 0.192. The first-order chi connectivity index (χ1) is 16.4. The van der Waals surface area contributed by atoms with Crippen molar-refractivity contribution in [2.75, 3.05) is 6.61 Å². The number of ether oxygens (including phenoxy) is 2. The molecule has 3 rings (SSSR count). The van der Waals surface area contributed by atoms with Gasteiger partial charge in [0.05, 0.1) is 6.61 Å². The van der Waals surface area contributed by atoms with Crippen LogP contribution in [0.5, 0.6) is 11.5 Å². The topological polar surface area (TPSA) is 88.7 Å². The van der Waals surface area contributed by atoms with Gasteiger partial charge in [0.25, 0.3) is 11.8 Å². The molecule has 0 heterocycles. The Hall–Kier alpha value is -3.91. The van der Waals surface area contributed by atoms with Gasteiger partial charge in [-0.3, -0.25) is 25.8 Å². The fourth-order valence-corrected chi connectivity index (χ4v) is 2.94. The molecule has 0 atom stereocenters. The summed E-state index contributed by atoms with van der Waals surface area (Å²) in [6.45, 7) is 5.16. The SMILES string of the molecule is CC(C)COc1ccc(C(=O)NC(=S)NNC(=O)c2ccc(OCc3ccccc3)cc2)cc1. The summed E-state index contributed by atoms with van der Waals surface area (Å²) < 4.78 is 11.3. The van der Waals surface area contributed by atoms with E-state index in [-0.39, 0.29) is 5.11 Å². The highest BCUT2D eigenvalue weighted by molar-refractivity contribution is 7.80. The molecule has 0 saturated heterocycles. The summed E-state index contributed by atoms with van der Waals surface area (Å²) in [5.74, 6) is 0.943. The number of carbonyl (C=O) groups is 2. The average molecular weight is 478 g/mol. The maximum absolute atomic E-state index is 12.3. The van der Waals surface area contributed by atoms with Crippen molar-refractivity contribution in [3.05, 3.63) is 95.6 Å². The van der Waals surface area contributed by atoms with Gasteiger partial charge in [-0.1, -0.05) is 44.2 Å². The van der Waals surface area contributed by atoms with E-state index in [0.717, 1.165) is 5.56 Å². The Kier molecular flexibility index (Phi) is 8.99. The Morgan fingerprint density at radius 2 is 1.32 bits per heavy atom. The quantitative estimate of drug-likeness (QED) is 0.332. The number of amides is 2. The lowest BCUT2D eigenvalue weighted by atomic mass is 10.2. The van der Waals surface area contributed by atoms with Crippen molar-refractivity contribution in [1.29, 1.82) is 0 Å². The Morgan fingerprint density at radius 1 is 0.765 bits per heavy atom. The van der Waals surface area contributed by atoms with Crippen LogP contribution >= 0.6 is 12.2 Å². The van der Waals surface area contributed by atoms with E-state index < -0.39 is 11.8 Å². The van der Waals surface area contributed by atoms with Crippen LogP contribution in [-0.2, 0) is 6.61 Å². The van der Waals surface area contributed by atoms with Crippen LogP contribution in [0.1, 0.15) is 40.1 Å². The number of benzene rings is 3. The lowest BCUT2D eigenvalue weighted by Crippen LogP contribution is -2.48. The summed E-state index contributed by atoms with van der Waals surface area (Å²) in [5, 5.41) is 2.49. The monoisotopic (exact) mass is 477 g/mol. The highest BCUT2D eigenvalue weighted by atomic mass is 32.1. The summed E-state index contributed by atoms with van der Waals surface area (Å²) in [6.07, 6.45) is 0. The molecule has 3 aromatic carbocycles. The van der Waals surface area contributed by atoms with E-state index in [9.17, 15) is 9.59 Å². The number of nitrogens with one attached hydrogen (secondary N) is 3. The minimum Gasteiger partial charge on any atom is -0.493 e. The number of hydrazine groups is 1. The molecule has 3 N–H and O–H groups in total. The Labute approximate surface area is 204 Å². The molecular weight excluding hydrogens is 450 g/mol. The van der Waals surface area contributed by atoms with Gasteiger partial charge in [0.1, 0.15) is 18.1 Å². The molecule has 3 aromatic rings. The predicted octanol–water partition coefficient (Wildman–Crippen LogP) is 4.25. The third-order valence-corrected chi connectivity index (χ3v) is 4.79. The highest BCUT2D eigenvalue weighted by Crippen LogP contribution is 2.15. The first-order valence-electron chi connectivity index (χ1n) is 10.8. The van der Waals surface area contributed by atoms with Crippen LogP contribution in [0.3, 0.4) is 0 Å². The van der Waals surface area contributed by atoms with Crippen LogP contribution < -0.4 is 25.6 Å². The molecule has 0 aliphatic rings.